The van der Waals surface area contributed by atoms with Crippen LogP contribution in [0.15, 0.2) is 65.6 Å². The fraction of sp³-hybridized carbons (Fsp3) is 0.400. The monoisotopic (exact) mass is 679 g/mol. The van der Waals surface area contributed by atoms with Crippen molar-refractivity contribution in [2.45, 2.75) is 75.8 Å². The maximum Gasteiger partial charge on any atom is 0.411 e. The smallest absolute Gasteiger partial charge is 0.411 e. The number of carbonyl (C=O) groups excluding carboxylic acids is 2. The SMILES string of the molecule is CCOc1cc([C@@H](Nc2ccc(C(=N)N)cc2)C(=O)N2CCC[C@@H]2c2cc(NC(=O)OC)ccc2S(=O)(=O)C(C)C)ccc1OC(C)C. The Morgan fingerprint density at radius 1 is 1.00 bits per heavy atom. The number of carbonyl (C=O) groups is 2. The van der Waals surface area contributed by atoms with E-state index in [1.165, 1.54) is 19.2 Å². The summed E-state index contributed by atoms with van der Waals surface area (Å²) in [7, 11) is -2.52. The first kappa shape index (κ1) is 36.1. The fourth-order valence-electron chi connectivity index (χ4n) is 5.61. The van der Waals surface area contributed by atoms with Crippen molar-refractivity contribution < 1.29 is 32.2 Å². The molecule has 1 aliphatic rings. The molecule has 2 atom stereocenters. The highest BCUT2D eigenvalue weighted by atomic mass is 32.2. The molecule has 5 N–H and O–H groups in total. The number of hydrogen-bond donors (Lipinski definition) is 4. The summed E-state index contributed by atoms with van der Waals surface area (Å²) in [6.45, 7) is 9.68. The minimum Gasteiger partial charge on any atom is -0.490 e. The molecule has 4 rings (SSSR count). The summed E-state index contributed by atoms with van der Waals surface area (Å²) in [5.74, 6) is 0.671. The number of nitrogens with one attached hydrogen (secondary N) is 3. The second-order valence-electron chi connectivity index (χ2n) is 12.0. The van der Waals surface area contributed by atoms with Crippen LogP contribution in [0.5, 0.6) is 11.5 Å². The largest absolute Gasteiger partial charge is 0.490 e. The molecule has 0 bridgehead atoms. The van der Waals surface area contributed by atoms with Gasteiger partial charge in [-0.2, -0.15) is 0 Å². The van der Waals surface area contributed by atoms with Crippen LogP contribution in [0.4, 0.5) is 16.2 Å². The van der Waals surface area contributed by atoms with E-state index in [2.05, 4.69) is 10.6 Å². The number of sulfone groups is 1. The summed E-state index contributed by atoms with van der Waals surface area (Å²) < 4.78 is 43.8. The van der Waals surface area contributed by atoms with Gasteiger partial charge >= 0.3 is 6.09 Å². The lowest BCUT2D eigenvalue weighted by Crippen LogP contribution is -2.38. The zero-order chi connectivity index (χ0) is 35.2. The predicted octanol–water partition coefficient (Wildman–Crippen LogP) is 6.03. The Labute approximate surface area is 282 Å². The molecule has 258 valence electrons. The van der Waals surface area contributed by atoms with Crippen molar-refractivity contribution in [2.24, 2.45) is 5.73 Å². The van der Waals surface area contributed by atoms with Gasteiger partial charge < -0.3 is 30.2 Å². The van der Waals surface area contributed by atoms with Crippen LogP contribution >= 0.6 is 0 Å². The van der Waals surface area contributed by atoms with Crippen molar-refractivity contribution >= 4 is 39.0 Å². The highest BCUT2D eigenvalue weighted by Gasteiger charge is 2.38. The van der Waals surface area contributed by atoms with E-state index >= 15 is 0 Å². The minimum atomic E-state index is -3.76. The van der Waals surface area contributed by atoms with Gasteiger partial charge in [0.15, 0.2) is 21.3 Å². The predicted molar refractivity (Wildman–Crippen MR) is 186 cm³/mol. The third kappa shape index (κ3) is 8.19. The van der Waals surface area contributed by atoms with Gasteiger partial charge in [0.05, 0.1) is 36.0 Å². The first-order valence-electron chi connectivity index (χ1n) is 15.9. The number of hydrogen-bond acceptors (Lipinski definition) is 9. The van der Waals surface area contributed by atoms with E-state index in [1.807, 2.05) is 20.8 Å². The van der Waals surface area contributed by atoms with Crippen LogP contribution in [0, 0.1) is 5.41 Å². The molecule has 2 amide bonds. The van der Waals surface area contributed by atoms with E-state index in [-0.39, 0.29) is 22.7 Å². The lowest BCUT2D eigenvalue weighted by Gasteiger charge is -2.32. The topological polar surface area (TPSA) is 173 Å². The molecular formula is C35H45N5O7S. The molecule has 13 heteroatoms. The summed E-state index contributed by atoms with van der Waals surface area (Å²) in [6, 6.07) is 15.3. The molecule has 48 heavy (non-hydrogen) atoms. The van der Waals surface area contributed by atoms with Gasteiger partial charge in [0.2, 0.25) is 5.91 Å². The number of amidine groups is 1. The van der Waals surface area contributed by atoms with Gasteiger partial charge in [-0.15, -0.1) is 0 Å². The molecule has 1 heterocycles. The van der Waals surface area contributed by atoms with Gasteiger partial charge in [-0.25, -0.2) is 13.2 Å². The number of likely N-dealkylation sites (tertiary alicyclic amines) is 1. The Bertz CT molecular complexity index is 1740. The van der Waals surface area contributed by atoms with Crippen molar-refractivity contribution in [3.8, 4) is 11.5 Å². The standard InChI is InChI=1S/C35H45N5O7S/c1-7-46-30-19-24(12-16-29(30)47-21(2)3)32(38-25-13-10-23(11-14-25)33(36)37)34(41)40-18-8-9-28(40)27-20-26(39-35(42)45-6)15-17-31(27)48(43,44)22(4)5/h10-17,19-22,28,32,38H,7-9,18H2,1-6H3,(H3,36,37)(H,39,42)/t28-,32-/m1/s1. The van der Waals surface area contributed by atoms with E-state index in [0.717, 1.165) is 0 Å². The van der Waals surface area contributed by atoms with Crippen LogP contribution < -0.4 is 25.8 Å². The average molecular weight is 680 g/mol. The zero-order valence-corrected chi connectivity index (χ0v) is 29.0. The van der Waals surface area contributed by atoms with Gasteiger partial charge in [-0.1, -0.05) is 6.07 Å². The van der Waals surface area contributed by atoms with E-state index in [9.17, 15) is 18.0 Å². The third-order valence-electron chi connectivity index (χ3n) is 7.98. The van der Waals surface area contributed by atoms with Crippen LogP contribution in [-0.2, 0) is 19.4 Å². The van der Waals surface area contributed by atoms with Crippen molar-refractivity contribution in [3.63, 3.8) is 0 Å². The quantitative estimate of drug-likeness (QED) is 0.124. The number of amides is 2. The van der Waals surface area contributed by atoms with Gasteiger partial charge in [-0.3, -0.25) is 15.5 Å². The highest BCUT2D eigenvalue weighted by Crippen LogP contribution is 2.41. The van der Waals surface area contributed by atoms with Crippen LogP contribution in [-0.4, -0.2) is 62.8 Å². The number of anilines is 2. The molecule has 0 aliphatic carbocycles. The molecule has 3 aromatic rings. The zero-order valence-electron chi connectivity index (χ0n) is 28.2. The number of methoxy groups -OCH3 is 1. The van der Waals surface area contributed by atoms with Crippen LogP contribution in [0.25, 0.3) is 0 Å². The van der Waals surface area contributed by atoms with Crippen molar-refractivity contribution in [1.82, 2.24) is 4.90 Å². The van der Waals surface area contributed by atoms with E-state index in [4.69, 9.17) is 25.4 Å². The molecule has 0 aromatic heterocycles. The number of nitrogens with two attached hydrogens (primary N) is 1. The molecule has 12 nitrogen and oxygen atoms in total. The second-order valence-corrected chi connectivity index (χ2v) is 14.5. The maximum atomic E-state index is 14.7. The van der Waals surface area contributed by atoms with Crippen LogP contribution in [0.2, 0.25) is 0 Å². The van der Waals surface area contributed by atoms with Gasteiger partial charge in [0.25, 0.3) is 0 Å². The summed E-state index contributed by atoms with van der Waals surface area (Å²) in [4.78, 5) is 28.6. The number of nitrogens with zero attached hydrogens (tertiary/aromatic N) is 1. The van der Waals surface area contributed by atoms with Gasteiger partial charge in [0, 0.05) is 23.5 Å². The Kier molecular flexibility index (Phi) is 11.6. The number of benzene rings is 3. The Morgan fingerprint density at radius 2 is 1.69 bits per heavy atom. The molecule has 0 saturated carbocycles. The lowest BCUT2D eigenvalue weighted by atomic mass is 10.0. The first-order valence-corrected chi connectivity index (χ1v) is 17.5. The number of nitrogen functional groups attached to an aromatic ring is 1. The van der Waals surface area contributed by atoms with E-state index < -0.39 is 33.3 Å². The Balaban J connectivity index is 1.82. The molecule has 3 aromatic carbocycles. The third-order valence-corrected chi connectivity index (χ3v) is 10.2. The molecular weight excluding hydrogens is 634 g/mol. The molecule has 0 radical (unpaired) electrons. The van der Waals surface area contributed by atoms with Crippen molar-refractivity contribution in [2.75, 3.05) is 30.9 Å². The summed E-state index contributed by atoms with van der Waals surface area (Å²) in [6.07, 6.45) is 0.350. The molecule has 1 aliphatic heterocycles. The summed E-state index contributed by atoms with van der Waals surface area (Å²) >= 11 is 0. The Hall–Kier alpha value is -4.78. The van der Waals surface area contributed by atoms with E-state index in [0.29, 0.717) is 65.6 Å². The minimum absolute atomic E-state index is 0.0766. The van der Waals surface area contributed by atoms with Gasteiger partial charge in [-0.05, 0) is 113 Å². The molecule has 0 spiro atoms. The van der Waals surface area contributed by atoms with Crippen LogP contribution in [0.1, 0.15) is 76.2 Å². The fourth-order valence-corrected chi connectivity index (χ4v) is 6.90. The van der Waals surface area contributed by atoms with E-state index in [1.54, 1.807) is 67.3 Å². The maximum absolute atomic E-state index is 14.7. The summed E-state index contributed by atoms with van der Waals surface area (Å²) in [5.41, 5.74) is 8.19. The van der Waals surface area contributed by atoms with Crippen molar-refractivity contribution in [1.29, 1.82) is 5.41 Å². The lowest BCUT2D eigenvalue weighted by molar-refractivity contribution is -0.133. The molecule has 1 fully saturated rings. The van der Waals surface area contributed by atoms with Crippen LogP contribution in [0.3, 0.4) is 0 Å². The highest BCUT2D eigenvalue weighted by molar-refractivity contribution is 7.92. The normalized spacial score (nSPS) is 15.2. The molecule has 1 saturated heterocycles. The first-order chi connectivity index (χ1) is 22.8. The molecule has 0 unspecified atom stereocenters. The Morgan fingerprint density at radius 3 is 2.29 bits per heavy atom. The van der Waals surface area contributed by atoms with Gasteiger partial charge in [0.1, 0.15) is 11.9 Å². The number of rotatable bonds is 13. The summed E-state index contributed by atoms with van der Waals surface area (Å²) in [5, 5.41) is 13.0. The average Bonchev–Trinajstić information content (AvgIpc) is 3.54. The van der Waals surface area contributed by atoms with Crippen molar-refractivity contribution in [3.05, 3.63) is 77.4 Å². The second kappa shape index (κ2) is 15.4. The number of ether oxygens (including phenoxy) is 3.